The summed E-state index contributed by atoms with van der Waals surface area (Å²) < 4.78 is 3.24. The van der Waals surface area contributed by atoms with Crippen LogP contribution >= 0.6 is 27.5 Å². The van der Waals surface area contributed by atoms with E-state index >= 15 is 0 Å². The lowest BCUT2D eigenvalue weighted by molar-refractivity contribution is 0.592. The molecule has 2 aromatic rings. The Balaban J connectivity index is 2.30. The van der Waals surface area contributed by atoms with Crippen LogP contribution in [0.5, 0.6) is 0 Å². The molecule has 2 rings (SSSR count). The molecule has 0 amide bonds. The highest BCUT2D eigenvalue weighted by Crippen LogP contribution is 2.29. The standard InChI is InChI=1S/C17H22BrClN2/c1-4-15-17(18)16(21(5-2)20-15)10-14(11-19)13-8-6-12(3)7-9-13/h6-9,14H,4-5,10-11H2,1-3H3. The van der Waals surface area contributed by atoms with Crippen LogP contribution in [0.3, 0.4) is 0 Å². The van der Waals surface area contributed by atoms with Gasteiger partial charge in [0.2, 0.25) is 0 Å². The molecule has 0 spiro atoms. The summed E-state index contributed by atoms with van der Waals surface area (Å²) in [6.45, 7) is 7.26. The van der Waals surface area contributed by atoms with Gasteiger partial charge >= 0.3 is 0 Å². The summed E-state index contributed by atoms with van der Waals surface area (Å²) in [5.41, 5.74) is 4.95. The Hall–Kier alpha value is -0.800. The minimum atomic E-state index is 0.315. The number of nitrogens with zero attached hydrogens (tertiary/aromatic N) is 2. The smallest absolute Gasteiger partial charge is 0.0766 e. The van der Waals surface area contributed by atoms with E-state index in [1.807, 2.05) is 0 Å². The van der Waals surface area contributed by atoms with Gasteiger partial charge in [-0.1, -0.05) is 36.8 Å². The van der Waals surface area contributed by atoms with E-state index in [-0.39, 0.29) is 0 Å². The third-order valence-corrected chi connectivity index (χ3v) is 5.16. The molecule has 114 valence electrons. The highest BCUT2D eigenvalue weighted by Gasteiger charge is 2.19. The van der Waals surface area contributed by atoms with Gasteiger partial charge in [-0.3, -0.25) is 4.68 Å². The van der Waals surface area contributed by atoms with Crippen LogP contribution in [0, 0.1) is 6.92 Å². The van der Waals surface area contributed by atoms with Gasteiger partial charge in [0.15, 0.2) is 0 Å². The van der Waals surface area contributed by atoms with Crippen molar-refractivity contribution in [1.29, 1.82) is 0 Å². The molecule has 0 aliphatic carbocycles. The largest absolute Gasteiger partial charge is 0.268 e. The molecule has 1 heterocycles. The summed E-state index contributed by atoms with van der Waals surface area (Å²) >= 11 is 9.95. The van der Waals surface area contributed by atoms with Crippen LogP contribution in [-0.4, -0.2) is 15.7 Å². The van der Waals surface area contributed by atoms with E-state index in [1.54, 1.807) is 0 Å². The fourth-order valence-corrected chi connectivity index (χ4v) is 3.56. The number of alkyl halides is 1. The summed E-state index contributed by atoms with van der Waals surface area (Å²) in [6, 6.07) is 8.67. The zero-order valence-electron chi connectivity index (χ0n) is 12.9. The normalized spacial score (nSPS) is 12.6. The maximum atomic E-state index is 6.24. The van der Waals surface area contributed by atoms with Crippen LogP contribution in [0.25, 0.3) is 0 Å². The van der Waals surface area contributed by atoms with Crippen molar-refractivity contribution < 1.29 is 0 Å². The number of halogens is 2. The summed E-state index contributed by atoms with van der Waals surface area (Å²) in [7, 11) is 0. The maximum Gasteiger partial charge on any atom is 0.0766 e. The Bertz CT molecular complexity index is 590. The molecule has 0 saturated heterocycles. The summed E-state index contributed by atoms with van der Waals surface area (Å²) in [4.78, 5) is 0. The van der Waals surface area contributed by atoms with Gasteiger partial charge in [0.1, 0.15) is 0 Å². The van der Waals surface area contributed by atoms with Crippen LogP contribution in [-0.2, 0) is 19.4 Å². The molecule has 0 radical (unpaired) electrons. The lowest BCUT2D eigenvalue weighted by atomic mass is 9.95. The highest BCUT2D eigenvalue weighted by molar-refractivity contribution is 9.10. The zero-order chi connectivity index (χ0) is 15.4. The van der Waals surface area contributed by atoms with Crippen LogP contribution in [0.4, 0.5) is 0 Å². The van der Waals surface area contributed by atoms with E-state index in [0.717, 1.165) is 29.6 Å². The van der Waals surface area contributed by atoms with E-state index in [2.05, 4.69) is 70.7 Å². The Morgan fingerprint density at radius 1 is 1.24 bits per heavy atom. The predicted molar refractivity (Wildman–Crippen MR) is 93.3 cm³/mol. The molecule has 0 saturated carbocycles. The van der Waals surface area contributed by atoms with E-state index < -0.39 is 0 Å². The predicted octanol–water partition coefficient (Wildman–Crippen LogP) is 5.10. The molecule has 1 unspecified atom stereocenters. The molecule has 4 heteroatoms. The molecule has 1 aromatic heterocycles. The maximum absolute atomic E-state index is 6.24. The fourth-order valence-electron chi connectivity index (χ4n) is 2.55. The number of hydrogen-bond acceptors (Lipinski definition) is 1. The van der Waals surface area contributed by atoms with Gasteiger partial charge in [-0.25, -0.2) is 0 Å². The first-order valence-corrected chi connectivity index (χ1v) is 8.80. The number of hydrogen-bond donors (Lipinski definition) is 0. The summed E-state index contributed by atoms with van der Waals surface area (Å²) in [6.07, 6.45) is 1.85. The van der Waals surface area contributed by atoms with Crippen molar-refractivity contribution in [2.24, 2.45) is 0 Å². The van der Waals surface area contributed by atoms with Crippen LogP contribution in [0.1, 0.15) is 42.3 Å². The molecule has 0 fully saturated rings. The molecule has 2 nitrogen and oxygen atoms in total. The second-order valence-electron chi connectivity index (χ2n) is 5.34. The van der Waals surface area contributed by atoms with Crippen molar-refractivity contribution in [3.63, 3.8) is 0 Å². The molecule has 0 aliphatic rings. The Kier molecular flexibility index (Phi) is 5.88. The van der Waals surface area contributed by atoms with Gasteiger partial charge in [0.05, 0.1) is 15.9 Å². The van der Waals surface area contributed by atoms with Crippen molar-refractivity contribution in [2.45, 2.75) is 46.1 Å². The summed E-state index contributed by atoms with van der Waals surface area (Å²) in [5.74, 6) is 0.932. The Morgan fingerprint density at radius 3 is 2.43 bits per heavy atom. The molecule has 0 bridgehead atoms. The average Bonchev–Trinajstić information content (AvgIpc) is 2.81. The molecular weight excluding hydrogens is 348 g/mol. The third kappa shape index (κ3) is 3.70. The first kappa shape index (κ1) is 16.6. The van der Waals surface area contributed by atoms with Crippen molar-refractivity contribution in [3.05, 3.63) is 51.3 Å². The zero-order valence-corrected chi connectivity index (χ0v) is 15.2. The molecule has 1 aromatic carbocycles. The van der Waals surface area contributed by atoms with Crippen LogP contribution < -0.4 is 0 Å². The average molecular weight is 370 g/mol. The molecule has 0 aliphatic heterocycles. The quantitative estimate of drug-likeness (QED) is 0.648. The first-order chi connectivity index (χ1) is 10.1. The minimum absolute atomic E-state index is 0.315. The van der Waals surface area contributed by atoms with Gasteiger partial charge in [0.25, 0.3) is 0 Å². The molecule has 0 N–H and O–H groups in total. The van der Waals surface area contributed by atoms with Crippen LogP contribution in [0.15, 0.2) is 28.7 Å². The SMILES string of the molecule is CCc1nn(CC)c(CC(CCl)c2ccc(C)cc2)c1Br. The molecule has 21 heavy (non-hydrogen) atoms. The van der Waals surface area contributed by atoms with Crippen molar-refractivity contribution in [1.82, 2.24) is 9.78 Å². The Labute approximate surface area is 140 Å². The van der Waals surface area contributed by atoms with E-state index in [1.165, 1.54) is 16.8 Å². The number of rotatable bonds is 6. The highest BCUT2D eigenvalue weighted by atomic mass is 79.9. The van der Waals surface area contributed by atoms with Crippen molar-refractivity contribution in [3.8, 4) is 0 Å². The second kappa shape index (κ2) is 7.46. The van der Waals surface area contributed by atoms with Gasteiger partial charge in [-0.2, -0.15) is 5.10 Å². The van der Waals surface area contributed by atoms with Gasteiger partial charge in [-0.15, -0.1) is 11.6 Å². The van der Waals surface area contributed by atoms with Gasteiger partial charge in [0, 0.05) is 18.3 Å². The van der Waals surface area contributed by atoms with Crippen molar-refractivity contribution >= 4 is 27.5 Å². The first-order valence-electron chi connectivity index (χ1n) is 7.47. The van der Waals surface area contributed by atoms with E-state index in [9.17, 15) is 0 Å². The van der Waals surface area contributed by atoms with Crippen molar-refractivity contribution in [2.75, 3.05) is 5.88 Å². The number of benzene rings is 1. The third-order valence-electron chi connectivity index (χ3n) is 3.87. The lowest BCUT2D eigenvalue weighted by Gasteiger charge is -2.16. The van der Waals surface area contributed by atoms with E-state index in [0.29, 0.717) is 11.8 Å². The number of aryl methyl sites for hydroxylation is 3. The van der Waals surface area contributed by atoms with Gasteiger partial charge in [-0.05, 0) is 48.2 Å². The monoisotopic (exact) mass is 368 g/mol. The molecule has 1 atom stereocenters. The summed E-state index contributed by atoms with van der Waals surface area (Å²) in [5, 5.41) is 4.67. The topological polar surface area (TPSA) is 17.8 Å². The Morgan fingerprint density at radius 2 is 1.90 bits per heavy atom. The number of aromatic nitrogens is 2. The minimum Gasteiger partial charge on any atom is -0.268 e. The van der Waals surface area contributed by atoms with E-state index in [4.69, 9.17) is 11.6 Å². The molecular formula is C17H22BrClN2. The lowest BCUT2D eigenvalue weighted by Crippen LogP contribution is -2.10. The fraction of sp³-hybridized carbons (Fsp3) is 0.471. The second-order valence-corrected chi connectivity index (χ2v) is 6.44. The van der Waals surface area contributed by atoms with Crippen LogP contribution in [0.2, 0.25) is 0 Å². The van der Waals surface area contributed by atoms with Gasteiger partial charge < -0.3 is 0 Å².